The lowest BCUT2D eigenvalue weighted by molar-refractivity contribution is -0.385. The van der Waals surface area contributed by atoms with E-state index in [1.165, 1.54) is 25.1 Å². The number of Topliss-reactive ketones (excluding diaryl/α,β-unsaturated/α-hetero) is 1. The van der Waals surface area contributed by atoms with Crippen molar-refractivity contribution in [2.24, 2.45) is 0 Å². The number of piperidine rings is 1. The number of benzene rings is 2. The molecule has 1 fully saturated rings. The average Bonchev–Trinajstić information content (AvgIpc) is 2.80. The van der Waals surface area contributed by atoms with E-state index in [-0.39, 0.29) is 47.8 Å². The van der Waals surface area contributed by atoms with Crippen LogP contribution < -0.4 is 10.1 Å². The highest BCUT2D eigenvalue weighted by Crippen LogP contribution is 2.28. The van der Waals surface area contributed by atoms with Gasteiger partial charge in [-0.15, -0.1) is 0 Å². The molecule has 1 amide bonds. The number of amides is 1. The summed E-state index contributed by atoms with van der Waals surface area (Å²) in [7, 11) is 0. The van der Waals surface area contributed by atoms with Gasteiger partial charge in [0.05, 0.1) is 21.6 Å². The smallest absolute Gasteiger partial charge is 0.311 e. The van der Waals surface area contributed by atoms with Crippen LogP contribution in [0.1, 0.15) is 48.5 Å². The number of carbonyl (C=O) groups excluding carboxylic acids is 2. The van der Waals surface area contributed by atoms with Crippen LogP contribution in [0.3, 0.4) is 0 Å². The molecule has 0 saturated carbocycles. The number of hydrogen-bond acceptors (Lipinski definition) is 6. The molecule has 1 aliphatic rings. The molecule has 2 aromatic carbocycles. The highest BCUT2D eigenvalue weighted by atomic mass is 35.5. The van der Waals surface area contributed by atoms with Crippen molar-refractivity contribution in [2.45, 2.75) is 45.2 Å². The van der Waals surface area contributed by atoms with Gasteiger partial charge in [0.25, 0.3) is 0 Å². The van der Waals surface area contributed by atoms with Gasteiger partial charge in [0, 0.05) is 43.7 Å². The second-order valence-corrected chi connectivity index (χ2v) is 9.13. The molecule has 0 aliphatic carbocycles. The Morgan fingerprint density at radius 1 is 1.15 bits per heavy atom. The lowest BCUT2D eigenvalue weighted by atomic mass is 10.0. The maximum atomic E-state index is 12.3. The third kappa shape index (κ3) is 7.41. The van der Waals surface area contributed by atoms with E-state index in [0.717, 1.165) is 38.0 Å². The van der Waals surface area contributed by atoms with Crippen molar-refractivity contribution >= 4 is 40.6 Å². The zero-order chi connectivity index (χ0) is 24.7. The minimum atomic E-state index is -0.581. The first kappa shape index (κ1) is 25.9. The van der Waals surface area contributed by atoms with Gasteiger partial charge in [0.15, 0.2) is 11.5 Å². The molecule has 0 aromatic heterocycles. The van der Waals surface area contributed by atoms with Crippen molar-refractivity contribution in [2.75, 3.05) is 19.7 Å². The summed E-state index contributed by atoms with van der Waals surface area (Å²) in [4.78, 5) is 36.7. The molecule has 1 heterocycles. The lowest BCUT2D eigenvalue weighted by Gasteiger charge is -2.32. The number of hydrogen-bond donors (Lipinski definition) is 1. The van der Waals surface area contributed by atoms with Crippen LogP contribution in [-0.2, 0) is 11.3 Å². The fourth-order valence-corrected chi connectivity index (χ4v) is 4.17. The van der Waals surface area contributed by atoms with Crippen LogP contribution in [0.15, 0.2) is 36.4 Å². The second-order valence-electron chi connectivity index (χ2n) is 8.31. The first-order valence-corrected chi connectivity index (χ1v) is 11.9. The number of nitrogens with zero attached hydrogens (tertiary/aromatic N) is 2. The fourth-order valence-electron chi connectivity index (χ4n) is 3.85. The molecule has 8 nitrogen and oxygen atoms in total. The van der Waals surface area contributed by atoms with Crippen LogP contribution in [0.4, 0.5) is 5.69 Å². The minimum absolute atomic E-state index is 0.0621. The summed E-state index contributed by atoms with van der Waals surface area (Å²) in [5.74, 6) is -0.232. The predicted molar refractivity (Wildman–Crippen MR) is 131 cm³/mol. The van der Waals surface area contributed by atoms with Crippen LogP contribution in [0, 0.1) is 10.1 Å². The van der Waals surface area contributed by atoms with E-state index in [2.05, 4.69) is 10.2 Å². The molecule has 0 bridgehead atoms. The Morgan fingerprint density at radius 2 is 1.88 bits per heavy atom. The second kappa shape index (κ2) is 12.1. The molecule has 1 aliphatic heterocycles. The SMILES string of the molecule is CC(=O)c1ccc(OCCCC(=O)NC2CCN(Cc3ccc(Cl)c(Cl)c3)CC2)c([N+](=O)[O-])c1. The Balaban J connectivity index is 1.37. The van der Waals surface area contributed by atoms with E-state index in [0.29, 0.717) is 16.5 Å². The van der Waals surface area contributed by atoms with Gasteiger partial charge in [0.1, 0.15) is 0 Å². The van der Waals surface area contributed by atoms with Crippen molar-refractivity contribution in [1.29, 1.82) is 0 Å². The Bertz CT molecular complexity index is 1050. The first-order chi connectivity index (χ1) is 16.2. The average molecular weight is 508 g/mol. The third-order valence-electron chi connectivity index (χ3n) is 5.71. The molecule has 1 saturated heterocycles. The van der Waals surface area contributed by atoms with Gasteiger partial charge in [-0.05, 0) is 56.0 Å². The molecule has 0 unspecified atom stereocenters. The Labute approximate surface area is 208 Å². The zero-order valence-electron chi connectivity index (χ0n) is 18.9. The molecule has 0 radical (unpaired) electrons. The summed E-state index contributed by atoms with van der Waals surface area (Å²) >= 11 is 12.1. The number of ether oxygens (including phenoxy) is 1. The van der Waals surface area contributed by atoms with E-state index in [9.17, 15) is 19.7 Å². The van der Waals surface area contributed by atoms with E-state index in [4.69, 9.17) is 27.9 Å². The summed E-state index contributed by atoms with van der Waals surface area (Å²) in [5.41, 5.74) is 1.10. The van der Waals surface area contributed by atoms with E-state index in [1.54, 1.807) is 6.07 Å². The van der Waals surface area contributed by atoms with Gasteiger partial charge in [-0.25, -0.2) is 0 Å². The molecular formula is C24H27Cl2N3O5. The van der Waals surface area contributed by atoms with Crippen molar-refractivity contribution in [3.8, 4) is 5.75 Å². The summed E-state index contributed by atoms with van der Waals surface area (Å²) < 4.78 is 5.50. The lowest BCUT2D eigenvalue weighted by Crippen LogP contribution is -2.44. The molecule has 1 N–H and O–H groups in total. The molecule has 182 valence electrons. The number of nitro benzene ring substituents is 1. The highest BCUT2D eigenvalue weighted by Gasteiger charge is 2.21. The van der Waals surface area contributed by atoms with Crippen molar-refractivity contribution in [3.05, 3.63) is 67.7 Å². The Kier molecular flexibility index (Phi) is 9.27. The number of ketones is 1. The summed E-state index contributed by atoms with van der Waals surface area (Å²) in [6.07, 6.45) is 2.41. The van der Waals surface area contributed by atoms with Gasteiger partial charge >= 0.3 is 5.69 Å². The monoisotopic (exact) mass is 507 g/mol. The predicted octanol–water partition coefficient (Wildman–Crippen LogP) is 5.04. The topological polar surface area (TPSA) is 102 Å². The maximum Gasteiger partial charge on any atom is 0.311 e. The van der Waals surface area contributed by atoms with E-state index < -0.39 is 4.92 Å². The Morgan fingerprint density at radius 3 is 2.53 bits per heavy atom. The molecule has 2 aromatic rings. The number of carbonyl (C=O) groups is 2. The quantitative estimate of drug-likeness (QED) is 0.209. The first-order valence-electron chi connectivity index (χ1n) is 11.1. The van der Waals surface area contributed by atoms with Crippen LogP contribution >= 0.6 is 23.2 Å². The summed E-state index contributed by atoms with van der Waals surface area (Å²) in [6, 6.07) is 9.89. The summed E-state index contributed by atoms with van der Waals surface area (Å²) in [5, 5.41) is 15.4. The normalized spacial score (nSPS) is 14.6. The van der Waals surface area contributed by atoms with E-state index in [1.807, 2.05) is 12.1 Å². The minimum Gasteiger partial charge on any atom is -0.487 e. The van der Waals surface area contributed by atoms with Gasteiger partial charge in [-0.1, -0.05) is 29.3 Å². The van der Waals surface area contributed by atoms with Crippen LogP contribution in [0.25, 0.3) is 0 Å². The third-order valence-corrected chi connectivity index (χ3v) is 6.45. The van der Waals surface area contributed by atoms with E-state index >= 15 is 0 Å². The maximum absolute atomic E-state index is 12.3. The largest absolute Gasteiger partial charge is 0.487 e. The number of halogens is 2. The standard InChI is InChI=1S/C24H27Cl2N3O5/c1-16(30)18-5-7-23(22(14-18)29(32)33)34-12-2-3-24(31)27-19-8-10-28(11-9-19)15-17-4-6-20(25)21(26)13-17/h4-7,13-14,19H,2-3,8-12,15H2,1H3,(H,27,31). The summed E-state index contributed by atoms with van der Waals surface area (Å²) in [6.45, 7) is 4.03. The fraction of sp³-hybridized carbons (Fsp3) is 0.417. The van der Waals surface area contributed by atoms with Gasteiger partial charge in [-0.2, -0.15) is 0 Å². The molecule has 0 spiro atoms. The number of likely N-dealkylation sites (tertiary alicyclic amines) is 1. The van der Waals surface area contributed by atoms with Crippen molar-refractivity contribution in [1.82, 2.24) is 10.2 Å². The zero-order valence-corrected chi connectivity index (χ0v) is 20.4. The molecule has 34 heavy (non-hydrogen) atoms. The number of nitrogens with one attached hydrogen (secondary N) is 1. The van der Waals surface area contributed by atoms with Crippen LogP contribution in [-0.4, -0.2) is 47.3 Å². The molecule has 10 heteroatoms. The van der Waals surface area contributed by atoms with Gasteiger partial charge in [-0.3, -0.25) is 24.6 Å². The Hall–Kier alpha value is -2.68. The molecule has 0 atom stereocenters. The van der Waals surface area contributed by atoms with Gasteiger partial charge < -0.3 is 10.1 Å². The van der Waals surface area contributed by atoms with Gasteiger partial charge in [0.2, 0.25) is 5.91 Å². The van der Waals surface area contributed by atoms with Crippen LogP contribution in [0.5, 0.6) is 5.75 Å². The highest BCUT2D eigenvalue weighted by molar-refractivity contribution is 6.42. The molecular weight excluding hydrogens is 481 g/mol. The van der Waals surface area contributed by atoms with Crippen LogP contribution in [0.2, 0.25) is 10.0 Å². The number of nitro groups is 1. The number of rotatable bonds is 10. The van der Waals surface area contributed by atoms with Crippen molar-refractivity contribution in [3.63, 3.8) is 0 Å². The van der Waals surface area contributed by atoms with Crippen molar-refractivity contribution < 1.29 is 19.2 Å². The molecule has 3 rings (SSSR count).